The van der Waals surface area contributed by atoms with Crippen LogP contribution in [-0.2, 0) is 6.42 Å². The highest BCUT2D eigenvalue weighted by atomic mass is 16.2. The molecule has 1 aromatic heterocycles. The molecular formula is C20H21N5O2. The lowest BCUT2D eigenvalue weighted by Gasteiger charge is -2.08. The van der Waals surface area contributed by atoms with E-state index in [1.165, 1.54) is 0 Å². The van der Waals surface area contributed by atoms with E-state index >= 15 is 0 Å². The minimum Gasteiger partial charge on any atom is -0.267 e. The molecule has 0 radical (unpaired) electrons. The number of benzene rings is 2. The third-order valence-electron chi connectivity index (χ3n) is 4.05. The smallest absolute Gasteiger partial charge is 0.267 e. The van der Waals surface area contributed by atoms with Crippen LogP contribution in [0.25, 0.3) is 5.69 Å². The minimum absolute atomic E-state index is 0.372. The molecule has 7 heteroatoms. The molecule has 0 saturated carbocycles. The first kappa shape index (κ1) is 18.3. The molecule has 2 amide bonds. The van der Waals surface area contributed by atoms with Crippen molar-refractivity contribution < 1.29 is 9.59 Å². The number of rotatable bonds is 6. The molecule has 0 aliphatic rings. The maximum Gasteiger partial charge on any atom is 0.269 e. The van der Waals surface area contributed by atoms with Gasteiger partial charge in [0.25, 0.3) is 11.8 Å². The van der Waals surface area contributed by atoms with Gasteiger partial charge < -0.3 is 0 Å². The monoisotopic (exact) mass is 363 g/mol. The number of aromatic nitrogens is 3. The summed E-state index contributed by atoms with van der Waals surface area (Å²) in [5, 5.41) is 8.27. The van der Waals surface area contributed by atoms with Gasteiger partial charge in [0.15, 0.2) is 0 Å². The van der Waals surface area contributed by atoms with Crippen LogP contribution in [0.5, 0.6) is 0 Å². The molecule has 138 valence electrons. The molecule has 1 heterocycles. The van der Waals surface area contributed by atoms with Crippen LogP contribution in [0.3, 0.4) is 0 Å². The van der Waals surface area contributed by atoms with E-state index in [2.05, 4.69) is 28.1 Å². The summed E-state index contributed by atoms with van der Waals surface area (Å²) in [5.41, 5.74) is 7.47. The van der Waals surface area contributed by atoms with Crippen molar-refractivity contribution in [3.63, 3.8) is 0 Å². The number of nitrogens with zero attached hydrogens (tertiary/aromatic N) is 3. The van der Waals surface area contributed by atoms with Crippen LogP contribution in [-0.4, -0.2) is 26.8 Å². The van der Waals surface area contributed by atoms with E-state index in [1.807, 2.05) is 12.3 Å². The Morgan fingerprint density at radius 2 is 1.56 bits per heavy atom. The Morgan fingerprint density at radius 3 is 2.19 bits per heavy atom. The number of hydrogen-bond acceptors (Lipinski definition) is 4. The van der Waals surface area contributed by atoms with Crippen LogP contribution in [0.2, 0.25) is 0 Å². The highest BCUT2D eigenvalue weighted by Crippen LogP contribution is 2.10. The average Bonchev–Trinajstić information content (AvgIpc) is 3.20. The normalized spacial score (nSPS) is 10.4. The summed E-state index contributed by atoms with van der Waals surface area (Å²) in [4.78, 5) is 24.1. The van der Waals surface area contributed by atoms with E-state index in [9.17, 15) is 9.59 Å². The fourth-order valence-corrected chi connectivity index (χ4v) is 2.51. The number of carbonyl (C=O) groups excluding carboxylic acids is 2. The zero-order valence-electron chi connectivity index (χ0n) is 15.1. The van der Waals surface area contributed by atoms with E-state index in [0.717, 1.165) is 30.6 Å². The molecule has 3 aromatic rings. The number of unbranched alkanes of at least 4 members (excludes halogenated alkanes) is 1. The van der Waals surface area contributed by atoms with Gasteiger partial charge in [0.2, 0.25) is 0 Å². The van der Waals surface area contributed by atoms with Crippen LogP contribution in [0, 0.1) is 0 Å². The van der Waals surface area contributed by atoms with E-state index in [-0.39, 0.29) is 5.91 Å². The van der Waals surface area contributed by atoms with Crippen molar-refractivity contribution in [2.24, 2.45) is 0 Å². The Bertz CT molecular complexity index is 904. The lowest BCUT2D eigenvalue weighted by atomic mass is 10.2. The summed E-state index contributed by atoms with van der Waals surface area (Å²) < 4.78 is 1.68. The summed E-state index contributed by atoms with van der Waals surface area (Å²) in [5.74, 6) is -0.768. The lowest BCUT2D eigenvalue weighted by molar-refractivity contribution is 0.0846. The quantitative estimate of drug-likeness (QED) is 0.659. The fourth-order valence-electron chi connectivity index (χ4n) is 2.51. The number of amides is 2. The van der Waals surface area contributed by atoms with Crippen LogP contribution in [0.15, 0.2) is 60.8 Å². The van der Waals surface area contributed by atoms with E-state index in [4.69, 9.17) is 0 Å². The molecule has 3 rings (SSSR count). The van der Waals surface area contributed by atoms with Crippen molar-refractivity contribution in [2.45, 2.75) is 26.2 Å². The number of hydrazine groups is 1. The second-order valence-electron chi connectivity index (χ2n) is 6.08. The Labute approximate surface area is 157 Å². The van der Waals surface area contributed by atoms with Crippen molar-refractivity contribution in [3.8, 4) is 5.69 Å². The van der Waals surface area contributed by atoms with Crippen LogP contribution < -0.4 is 10.9 Å². The molecule has 0 aliphatic carbocycles. The van der Waals surface area contributed by atoms with E-state index < -0.39 is 5.91 Å². The highest BCUT2D eigenvalue weighted by Gasteiger charge is 2.09. The Morgan fingerprint density at radius 1 is 0.926 bits per heavy atom. The van der Waals surface area contributed by atoms with Gasteiger partial charge in [0, 0.05) is 11.1 Å². The molecule has 2 aromatic carbocycles. The number of carbonyl (C=O) groups is 2. The zero-order valence-corrected chi connectivity index (χ0v) is 15.1. The molecule has 2 N–H and O–H groups in total. The molecule has 27 heavy (non-hydrogen) atoms. The van der Waals surface area contributed by atoms with Gasteiger partial charge in [-0.05, 0) is 49.2 Å². The molecule has 0 atom stereocenters. The maximum absolute atomic E-state index is 12.2. The number of hydrogen-bond donors (Lipinski definition) is 2. The molecule has 0 bridgehead atoms. The summed E-state index contributed by atoms with van der Waals surface area (Å²) >= 11 is 0. The van der Waals surface area contributed by atoms with Crippen LogP contribution in [0.4, 0.5) is 0 Å². The average molecular weight is 363 g/mol. The van der Waals surface area contributed by atoms with Gasteiger partial charge in [-0.15, -0.1) is 5.10 Å². The van der Waals surface area contributed by atoms with Crippen LogP contribution >= 0.6 is 0 Å². The Kier molecular flexibility index (Phi) is 5.94. The summed E-state index contributed by atoms with van der Waals surface area (Å²) in [7, 11) is 0. The Hall–Kier alpha value is -3.48. The van der Waals surface area contributed by atoms with Gasteiger partial charge in [0.1, 0.15) is 0 Å². The zero-order chi connectivity index (χ0) is 19.1. The molecular weight excluding hydrogens is 342 g/mol. The van der Waals surface area contributed by atoms with Gasteiger partial charge in [-0.25, -0.2) is 4.68 Å². The standard InChI is InChI=1S/C20H21N5O2/c1-2-3-9-17-14-25(24-21-17)18-12-10-16(11-13-18)20(27)23-22-19(26)15-7-5-4-6-8-15/h4-8,10-14H,2-3,9H2,1H3,(H,22,26)(H,23,27). The molecule has 0 spiro atoms. The van der Waals surface area contributed by atoms with Gasteiger partial charge in [0.05, 0.1) is 17.6 Å². The predicted molar refractivity (Wildman–Crippen MR) is 101 cm³/mol. The largest absolute Gasteiger partial charge is 0.269 e. The summed E-state index contributed by atoms with van der Waals surface area (Å²) in [6.07, 6.45) is 4.98. The fraction of sp³-hybridized carbons (Fsp3) is 0.200. The Balaban J connectivity index is 1.58. The molecule has 0 unspecified atom stereocenters. The van der Waals surface area contributed by atoms with Crippen molar-refractivity contribution in [3.05, 3.63) is 77.6 Å². The number of nitrogens with one attached hydrogen (secondary N) is 2. The van der Waals surface area contributed by atoms with Gasteiger partial charge in [-0.2, -0.15) is 0 Å². The SMILES string of the molecule is CCCCc1cn(-c2ccc(C(=O)NNC(=O)c3ccccc3)cc2)nn1. The molecule has 0 aliphatic heterocycles. The maximum atomic E-state index is 12.2. The predicted octanol–water partition coefficient (Wildman–Crippen LogP) is 2.68. The van der Waals surface area contributed by atoms with E-state index in [1.54, 1.807) is 53.2 Å². The topological polar surface area (TPSA) is 88.9 Å². The highest BCUT2D eigenvalue weighted by molar-refractivity contribution is 5.99. The second kappa shape index (κ2) is 8.75. The third kappa shape index (κ3) is 4.78. The first-order valence-electron chi connectivity index (χ1n) is 8.85. The lowest BCUT2D eigenvalue weighted by Crippen LogP contribution is -2.41. The number of aryl methyl sites for hydroxylation is 1. The molecule has 0 fully saturated rings. The van der Waals surface area contributed by atoms with Gasteiger partial charge in [-0.3, -0.25) is 20.4 Å². The first-order chi connectivity index (χ1) is 13.2. The molecule has 7 nitrogen and oxygen atoms in total. The van der Waals surface area contributed by atoms with Crippen LogP contribution in [0.1, 0.15) is 46.2 Å². The van der Waals surface area contributed by atoms with Crippen molar-refractivity contribution >= 4 is 11.8 Å². The minimum atomic E-state index is -0.395. The van der Waals surface area contributed by atoms with Crippen molar-refractivity contribution in [2.75, 3.05) is 0 Å². The summed E-state index contributed by atoms with van der Waals surface area (Å²) in [6.45, 7) is 2.14. The molecule has 0 saturated heterocycles. The first-order valence-corrected chi connectivity index (χ1v) is 8.85. The van der Waals surface area contributed by atoms with Gasteiger partial charge in [-0.1, -0.05) is 36.8 Å². The summed E-state index contributed by atoms with van der Waals surface area (Å²) in [6, 6.07) is 15.6. The van der Waals surface area contributed by atoms with Gasteiger partial charge >= 0.3 is 0 Å². The second-order valence-corrected chi connectivity index (χ2v) is 6.08. The van der Waals surface area contributed by atoms with Crippen molar-refractivity contribution in [1.29, 1.82) is 0 Å². The third-order valence-corrected chi connectivity index (χ3v) is 4.05. The van der Waals surface area contributed by atoms with Crippen molar-refractivity contribution in [1.82, 2.24) is 25.8 Å². The van der Waals surface area contributed by atoms with E-state index in [0.29, 0.717) is 11.1 Å².